The molecule has 0 saturated carbocycles. The molecule has 1 aliphatic heterocycles. The Labute approximate surface area is 204 Å². The number of hydrogen-bond donors (Lipinski definition) is 0. The molecule has 1 aromatic heterocycles. The van der Waals surface area contributed by atoms with Gasteiger partial charge in [-0.05, 0) is 72.1 Å². The van der Waals surface area contributed by atoms with Gasteiger partial charge < -0.3 is 14.2 Å². The molecule has 0 saturated heterocycles. The predicted octanol–water partition coefficient (Wildman–Crippen LogP) is 5.30. The fraction of sp³-hybridized carbons (Fsp3) is 0.192. The second-order valence-corrected chi connectivity index (χ2v) is 8.76. The summed E-state index contributed by atoms with van der Waals surface area (Å²) >= 11 is 3.43. The van der Waals surface area contributed by atoms with Gasteiger partial charge in [0.05, 0.1) is 17.1 Å². The fourth-order valence-corrected chi connectivity index (χ4v) is 4.03. The van der Waals surface area contributed by atoms with Gasteiger partial charge in [-0.25, -0.2) is 4.98 Å². The zero-order chi connectivity index (χ0) is 23.5. The maximum atomic E-state index is 13.1. The van der Waals surface area contributed by atoms with E-state index in [1.165, 1.54) is 4.68 Å². The first-order valence-corrected chi connectivity index (χ1v) is 11.8. The SMILES string of the molecule is CCCc1nc2ccc(Br)cc2c(=O)n1N=Cc1ccc(OCc2ccc3c(c2)OCO3)cc1. The van der Waals surface area contributed by atoms with Gasteiger partial charge >= 0.3 is 0 Å². The second-order valence-electron chi connectivity index (χ2n) is 7.85. The maximum absolute atomic E-state index is 13.1. The summed E-state index contributed by atoms with van der Waals surface area (Å²) in [6.45, 7) is 2.72. The van der Waals surface area contributed by atoms with Crippen molar-refractivity contribution in [2.45, 2.75) is 26.4 Å². The number of nitrogens with zero attached hydrogens (tertiary/aromatic N) is 3. The minimum atomic E-state index is -0.185. The van der Waals surface area contributed by atoms with E-state index in [1.54, 1.807) is 12.3 Å². The van der Waals surface area contributed by atoms with Crippen LogP contribution >= 0.6 is 15.9 Å². The third-order valence-corrected chi connectivity index (χ3v) is 5.89. The van der Waals surface area contributed by atoms with E-state index in [-0.39, 0.29) is 12.4 Å². The monoisotopic (exact) mass is 519 g/mol. The summed E-state index contributed by atoms with van der Waals surface area (Å²) in [5.41, 5.74) is 2.33. The summed E-state index contributed by atoms with van der Waals surface area (Å²) in [4.78, 5) is 17.8. The molecule has 7 nitrogen and oxygen atoms in total. The molecule has 0 aliphatic carbocycles. The Balaban J connectivity index is 1.33. The van der Waals surface area contributed by atoms with Crippen molar-refractivity contribution in [3.63, 3.8) is 0 Å². The van der Waals surface area contributed by atoms with Gasteiger partial charge in [0.15, 0.2) is 11.5 Å². The molecule has 34 heavy (non-hydrogen) atoms. The lowest BCUT2D eigenvalue weighted by Crippen LogP contribution is -2.22. The van der Waals surface area contributed by atoms with Crippen molar-refractivity contribution in [3.8, 4) is 17.2 Å². The number of aromatic nitrogens is 2. The predicted molar refractivity (Wildman–Crippen MR) is 134 cm³/mol. The average Bonchev–Trinajstić information content (AvgIpc) is 3.32. The summed E-state index contributed by atoms with van der Waals surface area (Å²) in [5, 5.41) is 4.99. The number of ether oxygens (including phenoxy) is 3. The Hall–Kier alpha value is -3.65. The Morgan fingerprint density at radius 3 is 2.74 bits per heavy atom. The highest BCUT2D eigenvalue weighted by molar-refractivity contribution is 9.10. The standard InChI is InChI=1S/C26H22BrN3O4/c1-2-3-25-29-22-10-7-19(27)13-21(22)26(31)30(25)28-14-17-4-8-20(9-5-17)32-15-18-6-11-23-24(12-18)34-16-33-23/h4-14H,2-3,15-16H2,1H3. The Kier molecular flexibility index (Phi) is 6.31. The van der Waals surface area contributed by atoms with Gasteiger partial charge in [-0.2, -0.15) is 9.78 Å². The van der Waals surface area contributed by atoms with Crippen LogP contribution in [0.5, 0.6) is 17.2 Å². The molecule has 172 valence electrons. The highest BCUT2D eigenvalue weighted by Gasteiger charge is 2.13. The van der Waals surface area contributed by atoms with E-state index in [9.17, 15) is 4.79 Å². The maximum Gasteiger partial charge on any atom is 0.282 e. The minimum Gasteiger partial charge on any atom is -0.489 e. The number of fused-ring (bicyclic) bond motifs is 2. The quantitative estimate of drug-likeness (QED) is 0.309. The van der Waals surface area contributed by atoms with E-state index in [4.69, 9.17) is 14.2 Å². The van der Waals surface area contributed by atoms with E-state index in [0.717, 1.165) is 39.3 Å². The van der Waals surface area contributed by atoms with Crippen LogP contribution < -0.4 is 19.8 Å². The Bertz CT molecular complexity index is 1430. The van der Waals surface area contributed by atoms with Crippen molar-refractivity contribution >= 4 is 33.0 Å². The lowest BCUT2D eigenvalue weighted by atomic mass is 10.2. The van der Waals surface area contributed by atoms with Crippen LogP contribution in [-0.2, 0) is 13.0 Å². The number of hydrogen-bond acceptors (Lipinski definition) is 6. The molecule has 0 N–H and O–H groups in total. The minimum absolute atomic E-state index is 0.185. The van der Waals surface area contributed by atoms with Crippen LogP contribution in [0.25, 0.3) is 10.9 Å². The van der Waals surface area contributed by atoms with E-state index in [0.29, 0.717) is 29.8 Å². The van der Waals surface area contributed by atoms with Gasteiger partial charge in [-0.3, -0.25) is 4.79 Å². The van der Waals surface area contributed by atoms with Crippen molar-refractivity contribution in [1.82, 2.24) is 9.66 Å². The van der Waals surface area contributed by atoms with Crippen molar-refractivity contribution in [1.29, 1.82) is 0 Å². The Morgan fingerprint density at radius 2 is 1.91 bits per heavy atom. The van der Waals surface area contributed by atoms with Gasteiger partial charge in [0.1, 0.15) is 18.2 Å². The van der Waals surface area contributed by atoms with Crippen LogP contribution in [0.1, 0.15) is 30.3 Å². The van der Waals surface area contributed by atoms with Crippen molar-refractivity contribution in [2.24, 2.45) is 5.10 Å². The molecule has 0 fully saturated rings. The van der Waals surface area contributed by atoms with Gasteiger partial charge in [0.2, 0.25) is 6.79 Å². The normalized spacial score (nSPS) is 12.5. The molecular weight excluding hydrogens is 498 g/mol. The van der Waals surface area contributed by atoms with Crippen molar-refractivity contribution < 1.29 is 14.2 Å². The molecular formula is C26H22BrN3O4. The second kappa shape index (κ2) is 9.69. The van der Waals surface area contributed by atoms with E-state index in [2.05, 4.69) is 26.0 Å². The summed E-state index contributed by atoms with van der Waals surface area (Å²) in [5.74, 6) is 2.86. The lowest BCUT2D eigenvalue weighted by Gasteiger charge is -2.09. The first-order valence-electron chi connectivity index (χ1n) is 11.0. The molecule has 3 aromatic carbocycles. The molecule has 0 unspecified atom stereocenters. The summed E-state index contributed by atoms with van der Waals surface area (Å²) < 4.78 is 18.9. The molecule has 0 bridgehead atoms. The third kappa shape index (κ3) is 4.68. The largest absolute Gasteiger partial charge is 0.489 e. The molecule has 1 aliphatic rings. The summed E-state index contributed by atoms with van der Waals surface area (Å²) in [6.07, 6.45) is 3.18. The molecule has 0 atom stereocenters. The van der Waals surface area contributed by atoms with Crippen LogP contribution in [0.3, 0.4) is 0 Å². The molecule has 8 heteroatoms. The number of rotatable bonds is 7. The van der Waals surface area contributed by atoms with Crippen LogP contribution in [0.4, 0.5) is 0 Å². The number of aryl methyl sites for hydroxylation is 1. The molecule has 0 radical (unpaired) electrons. The zero-order valence-corrected chi connectivity index (χ0v) is 20.1. The highest BCUT2D eigenvalue weighted by Crippen LogP contribution is 2.32. The molecule has 0 amide bonds. The Morgan fingerprint density at radius 1 is 1.09 bits per heavy atom. The zero-order valence-electron chi connectivity index (χ0n) is 18.5. The fourth-order valence-electron chi connectivity index (χ4n) is 3.67. The van der Waals surface area contributed by atoms with Crippen LogP contribution in [0, 0.1) is 0 Å². The number of benzene rings is 3. The lowest BCUT2D eigenvalue weighted by molar-refractivity contribution is 0.174. The number of halogens is 1. The average molecular weight is 520 g/mol. The smallest absolute Gasteiger partial charge is 0.282 e. The topological polar surface area (TPSA) is 74.9 Å². The van der Waals surface area contributed by atoms with Crippen LogP contribution in [0.15, 0.2) is 75.0 Å². The van der Waals surface area contributed by atoms with Gasteiger partial charge in [-0.1, -0.05) is 28.9 Å². The van der Waals surface area contributed by atoms with E-state index >= 15 is 0 Å². The first kappa shape index (κ1) is 22.2. The highest BCUT2D eigenvalue weighted by atomic mass is 79.9. The molecule has 0 spiro atoms. The van der Waals surface area contributed by atoms with Gasteiger partial charge in [0, 0.05) is 10.9 Å². The molecule has 5 rings (SSSR count). The van der Waals surface area contributed by atoms with Crippen LogP contribution in [-0.4, -0.2) is 22.7 Å². The van der Waals surface area contributed by atoms with Crippen molar-refractivity contribution in [2.75, 3.05) is 6.79 Å². The van der Waals surface area contributed by atoms with Crippen LogP contribution in [0.2, 0.25) is 0 Å². The van der Waals surface area contributed by atoms with Crippen molar-refractivity contribution in [3.05, 3.63) is 92.4 Å². The van der Waals surface area contributed by atoms with E-state index < -0.39 is 0 Å². The van der Waals surface area contributed by atoms with Gasteiger partial charge in [-0.15, -0.1) is 0 Å². The molecule has 2 heterocycles. The first-order chi connectivity index (χ1) is 16.6. The molecule has 4 aromatic rings. The van der Waals surface area contributed by atoms with Gasteiger partial charge in [0.25, 0.3) is 5.56 Å². The summed E-state index contributed by atoms with van der Waals surface area (Å²) in [7, 11) is 0. The third-order valence-electron chi connectivity index (χ3n) is 5.39. The summed E-state index contributed by atoms with van der Waals surface area (Å²) in [6, 6.07) is 18.8. The van der Waals surface area contributed by atoms with E-state index in [1.807, 2.05) is 61.5 Å².